The minimum atomic E-state index is 0.520. The number of rotatable bonds is 3. The van der Waals surface area contributed by atoms with Crippen LogP contribution in [-0.2, 0) is 0 Å². The number of aryl methyl sites for hydroxylation is 1. The fourth-order valence-electron chi connectivity index (χ4n) is 3.40. The van der Waals surface area contributed by atoms with Crippen LogP contribution in [0.1, 0.15) is 11.1 Å². The molecule has 0 radical (unpaired) electrons. The molecule has 134 valence electrons. The van der Waals surface area contributed by atoms with Gasteiger partial charge in [0.25, 0.3) is 0 Å². The Balaban J connectivity index is 1.67. The van der Waals surface area contributed by atoms with Crippen LogP contribution in [-0.4, -0.2) is 15.0 Å². The van der Waals surface area contributed by atoms with E-state index in [1.165, 1.54) is 0 Å². The van der Waals surface area contributed by atoms with Crippen LogP contribution in [0.15, 0.2) is 61.1 Å². The van der Waals surface area contributed by atoms with Crippen molar-refractivity contribution in [1.82, 2.24) is 15.0 Å². The molecule has 0 aliphatic rings. The maximum Gasteiger partial charge on any atom is 0.126 e. The van der Waals surface area contributed by atoms with Gasteiger partial charge in [0, 0.05) is 40.6 Å². The van der Waals surface area contributed by atoms with E-state index in [0.717, 1.165) is 48.6 Å². The topological polar surface area (TPSA) is 77.4 Å². The zero-order valence-corrected chi connectivity index (χ0v) is 15.8. The predicted octanol–water partition coefficient (Wildman–Crippen LogP) is 5.76. The summed E-state index contributed by atoms with van der Waals surface area (Å²) in [5.74, 6) is 0. The Hall–Kier alpha value is -3.69. The molecule has 6 heteroatoms. The number of aromatic nitrogens is 3. The van der Waals surface area contributed by atoms with E-state index in [-0.39, 0.29) is 0 Å². The Morgan fingerprint density at radius 1 is 1.11 bits per heavy atom. The van der Waals surface area contributed by atoms with Crippen LogP contribution in [0, 0.1) is 18.3 Å². The van der Waals surface area contributed by atoms with Crippen molar-refractivity contribution in [2.24, 2.45) is 0 Å². The Kier molecular flexibility index (Phi) is 3.81. The molecule has 0 saturated carbocycles. The van der Waals surface area contributed by atoms with E-state index in [1.807, 2.05) is 36.5 Å². The van der Waals surface area contributed by atoms with Gasteiger partial charge < -0.3 is 10.3 Å². The summed E-state index contributed by atoms with van der Waals surface area (Å²) in [6, 6.07) is 16.3. The molecule has 0 amide bonds. The summed E-state index contributed by atoms with van der Waals surface area (Å²) in [5, 5.41) is 15.2. The molecule has 5 rings (SSSR count). The molecule has 0 atom stereocenters. The number of anilines is 2. The number of hydrogen-bond donors (Lipinski definition) is 2. The fraction of sp³-hybridized carbons (Fsp3) is 0.0455. The van der Waals surface area contributed by atoms with Crippen LogP contribution >= 0.6 is 11.3 Å². The van der Waals surface area contributed by atoms with E-state index >= 15 is 0 Å². The molecule has 0 saturated heterocycles. The van der Waals surface area contributed by atoms with Crippen molar-refractivity contribution in [3.63, 3.8) is 0 Å². The standard InChI is InChI=1S/C22H15N5S/c1-13-15-7-9-25-18(15)6-5-17(13)27-21-14(11-23)12-26-22-16(21)10-20(28-22)19-4-2-3-8-24-19/h2-10,12,25H,1H3,(H,26,27). The number of H-pyrrole nitrogens is 1. The fourth-order valence-corrected chi connectivity index (χ4v) is 4.38. The third-order valence-electron chi connectivity index (χ3n) is 4.86. The summed E-state index contributed by atoms with van der Waals surface area (Å²) < 4.78 is 0. The second kappa shape index (κ2) is 6.48. The average molecular weight is 381 g/mol. The minimum Gasteiger partial charge on any atom is -0.361 e. The highest BCUT2D eigenvalue weighted by atomic mass is 32.1. The number of thiophene rings is 1. The van der Waals surface area contributed by atoms with Gasteiger partial charge in [-0.25, -0.2) is 4.98 Å². The van der Waals surface area contributed by atoms with Gasteiger partial charge in [0.05, 0.1) is 21.8 Å². The lowest BCUT2D eigenvalue weighted by Crippen LogP contribution is -1.97. The lowest BCUT2D eigenvalue weighted by molar-refractivity contribution is 1.34. The average Bonchev–Trinajstić information content (AvgIpc) is 3.38. The van der Waals surface area contributed by atoms with Crippen molar-refractivity contribution >= 4 is 43.8 Å². The van der Waals surface area contributed by atoms with Crippen LogP contribution in [0.2, 0.25) is 0 Å². The molecule has 2 N–H and O–H groups in total. The van der Waals surface area contributed by atoms with Gasteiger partial charge in [0.1, 0.15) is 10.9 Å². The van der Waals surface area contributed by atoms with Crippen LogP contribution in [0.25, 0.3) is 31.7 Å². The molecule has 0 unspecified atom stereocenters. The second-order valence-electron chi connectivity index (χ2n) is 6.51. The van der Waals surface area contributed by atoms with Crippen LogP contribution < -0.4 is 5.32 Å². The van der Waals surface area contributed by atoms with E-state index in [9.17, 15) is 5.26 Å². The van der Waals surface area contributed by atoms with E-state index in [2.05, 4.69) is 45.4 Å². The zero-order chi connectivity index (χ0) is 19.1. The molecular weight excluding hydrogens is 366 g/mol. The van der Waals surface area contributed by atoms with Gasteiger partial charge in [-0.3, -0.25) is 4.98 Å². The molecule has 5 aromatic rings. The summed E-state index contributed by atoms with van der Waals surface area (Å²) in [5.41, 5.74) is 5.40. The number of nitriles is 1. The first-order chi connectivity index (χ1) is 13.7. The third-order valence-corrected chi connectivity index (χ3v) is 5.93. The van der Waals surface area contributed by atoms with E-state index in [1.54, 1.807) is 23.7 Å². The van der Waals surface area contributed by atoms with Crippen molar-refractivity contribution in [2.75, 3.05) is 5.32 Å². The first-order valence-corrected chi connectivity index (χ1v) is 9.64. The first-order valence-electron chi connectivity index (χ1n) is 8.82. The number of fused-ring (bicyclic) bond motifs is 2. The lowest BCUT2D eigenvalue weighted by atomic mass is 10.1. The van der Waals surface area contributed by atoms with Crippen LogP contribution in [0.4, 0.5) is 11.4 Å². The second-order valence-corrected chi connectivity index (χ2v) is 7.54. The van der Waals surface area contributed by atoms with Gasteiger partial charge in [-0.05, 0) is 48.9 Å². The highest BCUT2D eigenvalue weighted by Crippen LogP contribution is 2.38. The number of pyridine rings is 2. The Morgan fingerprint density at radius 2 is 2.04 bits per heavy atom. The maximum absolute atomic E-state index is 9.64. The molecule has 0 aliphatic heterocycles. The van der Waals surface area contributed by atoms with Gasteiger partial charge in [0.2, 0.25) is 0 Å². The van der Waals surface area contributed by atoms with Gasteiger partial charge in [0.15, 0.2) is 0 Å². The molecule has 4 heterocycles. The summed E-state index contributed by atoms with van der Waals surface area (Å²) in [7, 11) is 0. The highest BCUT2D eigenvalue weighted by molar-refractivity contribution is 7.21. The number of nitrogens with zero attached hydrogens (tertiary/aromatic N) is 3. The van der Waals surface area contributed by atoms with Gasteiger partial charge in [-0.15, -0.1) is 11.3 Å². The largest absolute Gasteiger partial charge is 0.361 e. The van der Waals surface area contributed by atoms with Crippen molar-refractivity contribution in [2.45, 2.75) is 6.92 Å². The predicted molar refractivity (Wildman–Crippen MR) is 114 cm³/mol. The van der Waals surface area contributed by atoms with Crippen molar-refractivity contribution in [3.05, 3.63) is 72.2 Å². The maximum atomic E-state index is 9.64. The summed E-state index contributed by atoms with van der Waals surface area (Å²) in [4.78, 5) is 14.1. The summed E-state index contributed by atoms with van der Waals surface area (Å²) in [6.07, 6.45) is 5.35. The molecule has 0 bridgehead atoms. The van der Waals surface area contributed by atoms with Crippen molar-refractivity contribution in [3.8, 4) is 16.6 Å². The minimum absolute atomic E-state index is 0.520. The Bertz CT molecular complexity index is 1360. The van der Waals surface area contributed by atoms with E-state index in [0.29, 0.717) is 5.56 Å². The van der Waals surface area contributed by atoms with E-state index in [4.69, 9.17) is 0 Å². The van der Waals surface area contributed by atoms with Gasteiger partial charge >= 0.3 is 0 Å². The number of hydrogen-bond acceptors (Lipinski definition) is 5. The zero-order valence-electron chi connectivity index (χ0n) is 15.0. The molecule has 0 fully saturated rings. The summed E-state index contributed by atoms with van der Waals surface area (Å²) in [6.45, 7) is 2.08. The Labute approximate surface area is 165 Å². The molecule has 0 spiro atoms. The van der Waals surface area contributed by atoms with Crippen LogP contribution in [0.3, 0.4) is 0 Å². The molecule has 0 aliphatic carbocycles. The normalized spacial score (nSPS) is 11.0. The van der Waals surface area contributed by atoms with Crippen LogP contribution in [0.5, 0.6) is 0 Å². The number of benzene rings is 1. The monoisotopic (exact) mass is 381 g/mol. The summed E-state index contributed by atoms with van der Waals surface area (Å²) >= 11 is 1.57. The lowest BCUT2D eigenvalue weighted by Gasteiger charge is -2.12. The Morgan fingerprint density at radius 3 is 2.86 bits per heavy atom. The molecule has 4 aromatic heterocycles. The molecule has 5 nitrogen and oxygen atoms in total. The van der Waals surface area contributed by atoms with E-state index < -0.39 is 0 Å². The molecular formula is C22H15N5S. The first kappa shape index (κ1) is 16.5. The number of aromatic amines is 1. The highest BCUT2D eigenvalue weighted by Gasteiger charge is 2.15. The molecule has 28 heavy (non-hydrogen) atoms. The SMILES string of the molecule is Cc1c(Nc2c(C#N)cnc3sc(-c4ccccn4)cc23)ccc2[nH]ccc12. The number of nitrogens with one attached hydrogen (secondary N) is 2. The third kappa shape index (κ3) is 2.61. The molecule has 1 aromatic carbocycles. The smallest absolute Gasteiger partial charge is 0.126 e. The van der Waals surface area contributed by atoms with Gasteiger partial charge in [-0.2, -0.15) is 5.26 Å². The van der Waals surface area contributed by atoms with Crippen molar-refractivity contribution in [1.29, 1.82) is 5.26 Å². The quantitative estimate of drug-likeness (QED) is 0.416. The van der Waals surface area contributed by atoms with Crippen molar-refractivity contribution < 1.29 is 0 Å². The van der Waals surface area contributed by atoms with Gasteiger partial charge in [-0.1, -0.05) is 6.07 Å².